The van der Waals surface area contributed by atoms with Gasteiger partial charge in [0.05, 0.1) is 0 Å². The molecule has 31 heavy (non-hydrogen) atoms. The number of amides is 3. The van der Waals surface area contributed by atoms with Crippen LogP contribution in [0, 0.1) is 5.92 Å². The molecule has 1 fully saturated rings. The topological polar surface area (TPSA) is 97.0 Å². The molecule has 2 aliphatic rings. The molecule has 2 aliphatic heterocycles. The molecule has 4 rings (SSSR count). The first-order valence-corrected chi connectivity index (χ1v) is 10.4. The van der Waals surface area contributed by atoms with Crippen LogP contribution in [0.15, 0.2) is 48.5 Å². The van der Waals surface area contributed by atoms with Crippen molar-refractivity contribution in [3.63, 3.8) is 0 Å². The van der Waals surface area contributed by atoms with E-state index in [1.165, 1.54) is 0 Å². The molecule has 0 unspecified atom stereocenters. The third-order valence-electron chi connectivity index (χ3n) is 5.52. The Morgan fingerprint density at radius 2 is 1.58 bits per heavy atom. The van der Waals surface area contributed by atoms with E-state index in [0.717, 1.165) is 0 Å². The Balaban J connectivity index is 1.18. The molecular weight excluding hydrogens is 398 g/mol. The zero-order valence-electron chi connectivity index (χ0n) is 17.1. The summed E-state index contributed by atoms with van der Waals surface area (Å²) in [5, 5.41) is 5.67. The number of carbonyl (C=O) groups excluding carboxylic acids is 3. The van der Waals surface area contributed by atoms with Crippen molar-refractivity contribution in [2.45, 2.75) is 12.8 Å². The van der Waals surface area contributed by atoms with Crippen LogP contribution in [0.3, 0.4) is 0 Å². The highest BCUT2D eigenvalue weighted by Crippen LogP contribution is 2.33. The Kier molecular flexibility index (Phi) is 6.35. The molecule has 2 N–H and O–H groups in total. The Bertz CT molecular complexity index is 955. The molecular formula is C23H25N3O5. The first-order valence-electron chi connectivity index (χ1n) is 10.4. The van der Waals surface area contributed by atoms with Crippen molar-refractivity contribution >= 4 is 17.7 Å². The molecule has 0 aromatic heterocycles. The van der Waals surface area contributed by atoms with Crippen LogP contribution in [-0.2, 0) is 4.79 Å². The van der Waals surface area contributed by atoms with E-state index in [1.807, 2.05) is 6.07 Å². The second kappa shape index (κ2) is 9.51. The van der Waals surface area contributed by atoms with E-state index >= 15 is 0 Å². The molecule has 0 atom stereocenters. The van der Waals surface area contributed by atoms with E-state index in [0.29, 0.717) is 61.6 Å². The summed E-state index contributed by atoms with van der Waals surface area (Å²) in [6.07, 6.45) is 1.22. The van der Waals surface area contributed by atoms with E-state index in [-0.39, 0.29) is 30.4 Å². The van der Waals surface area contributed by atoms with Crippen LogP contribution < -0.4 is 20.1 Å². The maximum absolute atomic E-state index is 12.8. The van der Waals surface area contributed by atoms with E-state index in [9.17, 15) is 14.4 Å². The lowest BCUT2D eigenvalue weighted by Gasteiger charge is -2.31. The zero-order chi connectivity index (χ0) is 21.6. The third kappa shape index (κ3) is 4.96. The average molecular weight is 423 g/mol. The van der Waals surface area contributed by atoms with Crippen LogP contribution in [0.4, 0.5) is 0 Å². The smallest absolute Gasteiger partial charge is 0.253 e. The number of ether oxygens (including phenoxy) is 2. The summed E-state index contributed by atoms with van der Waals surface area (Å²) in [5.74, 6) is 0.826. The number of fused-ring (bicyclic) bond motifs is 1. The molecule has 0 spiro atoms. The van der Waals surface area contributed by atoms with Crippen molar-refractivity contribution in [2.75, 3.05) is 33.0 Å². The number of hydrogen-bond acceptors (Lipinski definition) is 5. The molecule has 162 valence electrons. The molecule has 0 aliphatic carbocycles. The fraction of sp³-hybridized carbons (Fsp3) is 0.348. The van der Waals surface area contributed by atoms with Gasteiger partial charge in [0.1, 0.15) is 0 Å². The number of benzene rings is 2. The SMILES string of the molecule is O=C(NCCNC(=O)C1CCN(C(=O)c2ccc3c(c2)OCO3)CC1)c1ccccc1. The maximum atomic E-state index is 12.8. The zero-order valence-corrected chi connectivity index (χ0v) is 17.1. The first kappa shape index (κ1) is 20.7. The lowest BCUT2D eigenvalue weighted by molar-refractivity contribution is -0.126. The number of piperidine rings is 1. The standard InChI is InChI=1S/C23H25N3O5/c27-21(16-4-2-1-3-5-16)24-10-11-25-22(28)17-8-12-26(13-9-17)23(29)18-6-7-19-20(14-18)31-15-30-19/h1-7,14,17H,8-13,15H2,(H,24,27)(H,25,28). The van der Waals surface area contributed by atoms with Gasteiger partial charge in [-0.25, -0.2) is 0 Å². The van der Waals surface area contributed by atoms with Gasteiger partial charge >= 0.3 is 0 Å². The highest BCUT2D eigenvalue weighted by atomic mass is 16.7. The Morgan fingerprint density at radius 1 is 0.871 bits per heavy atom. The summed E-state index contributed by atoms with van der Waals surface area (Å²) < 4.78 is 10.6. The van der Waals surface area contributed by atoms with E-state index < -0.39 is 0 Å². The maximum Gasteiger partial charge on any atom is 0.253 e. The second-order valence-electron chi connectivity index (χ2n) is 7.55. The van der Waals surface area contributed by atoms with Gasteiger partial charge in [-0.3, -0.25) is 14.4 Å². The monoisotopic (exact) mass is 423 g/mol. The summed E-state index contributed by atoms with van der Waals surface area (Å²) in [6.45, 7) is 1.95. The number of hydrogen-bond donors (Lipinski definition) is 2. The highest BCUT2D eigenvalue weighted by molar-refractivity contribution is 5.95. The minimum absolute atomic E-state index is 0.0378. The number of likely N-dealkylation sites (tertiary alicyclic amines) is 1. The Morgan fingerprint density at radius 3 is 2.35 bits per heavy atom. The summed E-state index contributed by atoms with van der Waals surface area (Å²) in [7, 11) is 0. The van der Waals surface area contributed by atoms with Crippen molar-refractivity contribution in [3.05, 3.63) is 59.7 Å². The molecule has 0 saturated carbocycles. The predicted octanol–water partition coefficient (Wildman–Crippen LogP) is 1.81. The molecule has 2 aromatic rings. The van der Waals surface area contributed by atoms with Gasteiger partial charge in [-0.15, -0.1) is 0 Å². The van der Waals surface area contributed by atoms with Gasteiger partial charge in [0, 0.05) is 43.2 Å². The molecule has 0 radical (unpaired) electrons. The van der Waals surface area contributed by atoms with Gasteiger partial charge < -0.3 is 25.0 Å². The van der Waals surface area contributed by atoms with Crippen molar-refractivity contribution in [3.8, 4) is 11.5 Å². The van der Waals surface area contributed by atoms with E-state index in [1.54, 1.807) is 47.4 Å². The molecule has 3 amide bonds. The average Bonchev–Trinajstić information content (AvgIpc) is 3.29. The normalized spacial score (nSPS) is 15.4. The van der Waals surface area contributed by atoms with Crippen LogP contribution in [0.2, 0.25) is 0 Å². The van der Waals surface area contributed by atoms with Crippen LogP contribution in [-0.4, -0.2) is 55.6 Å². The largest absolute Gasteiger partial charge is 0.454 e. The molecule has 8 nitrogen and oxygen atoms in total. The number of rotatable bonds is 6. The quantitative estimate of drug-likeness (QED) is 0.691. The van der Waals surface area contributed by atoms with E-state index in [2.05, 4.69) is 10.6 Å². The molecule has 1 saturated heterocycles. The molecule has 2 heterocycles. The predicted molar refractivity (Wildman–Crippen MR) is 113 cm³/mol. The van der Waals surface area contributed by atoms with Gasteiger partial charge in [-0.2, -0.15) is 0 Å². The van der Waals surface area contributed by atoms with Crippen LogP contribution in [0.25, 0.3) is 0 Å². The molecule has 2 aromatic carbocycles. The van der Waals surface area contributed by atoms with Crippen LogP contribution in [0.1, 0.15) is 33.6 Å². The van der Waals surface area contributed by atoms with Gasteiger partial charge in [0.15, 0.2) is 11.5 Å². The lowest BCUT2D eigenvalue weighted by Crippen LogP contribution is -2.44. The second-order valence-corrected chi connectivity index (χ2v) is 7.55. The van der Waals surface area contributed by atoms with Crippen molar-refractivity contribution in [2.24, 2.45) is 5.92 Å². The van der Waals surface area contributed by atoms with E-state index in [4.69, 9.17) is 9.47 Å². The Hall–Kier alpha value is -3.55. The van der Waals surface area contributed by atoms with Crippen molar-refractivity contribution in [1.82, 2.24) is 15.5 Å². The van der Waals surface area contributed by atoms with Crippen LogP contribution in [0.5, 0.6) is 11.5 Å². The summed E-state index contributed by atoms with van der Waals surface area (Å²) >= 11 is 0. The minimum Gasteiger partial charge on any atom is -0.454 e. The van der Waals surface area contributed by atoms with Crippen molar-refractivity contribution in [1.29, 1.82) is 0 Å². The third-order valence-corrected chi connectivity index (χ3v) is 5.52. The summed E-state index contributed by atoms with van der Waals surface area (Å²) in [4.78, 5) is 38.9. The highest BCUT2D eigenvalue weighted by Gasteiger charge is 2.28. The summed E-state index contributed by atoms with van der Waals surface area (Å²) in [6, 6.07) is 14.1. The van der Waals surface area contributed by atoms with Crippen LogP contribution >= 0.6 is 0 Å². The van der Waals surface area contributed by atoms with Gasteiger partial charge in [0.25, 0.3) is 11.8 Å². The fourth-order valence-electron chi connectivity index (χ4n) is 3.75. The number of nitrogens with one attached hydrogen (secondary N) is 2. The number of nitrogens with zero attached hydrogens (tertiary/aromatic N) is 1. The summed E-state index contributed by atoms with van der Waals surface area (Å²) in [5.41, 5.74) is 1.15. The van der Waals surface area contributed by atoms with Gasteiger partial charge in [-0.1, -0.05) is 18.2 Å². The molecule has 8 heteroatoms. The molecule has 0 bridgehead atoms. The minimum atomic E-state index is -0.162. The first-order chi connectivity index (χ1) is 15.1. The Labute approximate surface area is 180 Å². The number of carbonyl (C=O) groups is 3. The van der Waals surface area contributed by atoms with Gasteiger partial charge in [-0.05, 0) is 43.2 Å². The fourth-order valence-corrected chi connectivity index (χ4v) is 3.75. The van der Waals surface area contributed by atoms with Gasteiger partial charge in [0.2, 0.25) is 12.7 Å². The van der Waals surface area contributed by atoms with Crippen molar-refractivity contribution < 1.29 is 23.9 Å². The lowest BCUT2D eigenvalue weighted by atomic mass is 9.95.